The van der Waals surface area contributed by atoms with Crippen molar-refractivity contribution in [2.75, 3.05) is 27.7 Å². The molecule has 0 aliphatic heterocycles. The highest BCUT2D eigenvalue weighted by Crippen LogP contribution is 2.53. The van der Waals surface area contributed by atoms with Crippen molar-refractivity contribution in [3.05, 3.63) is 69.7 Å². The second-order valence-electron chi connectivity index (χ2n) is 11.7. The zero-order valence-electron chi connectivity index (χ0n) is 24.6. The third kappa shape index (κ3) is 4.59. The molecule has 0 saturated heterocycles. The van der Waals surface area contributed by atoms with Gasteiger partial charge in [0.2, 0.25) is 5.78 Å². The standard InChI is InChI=1S/C32H37N3O8/c1-5-10-34-14-15-6-9-22(43-4)18(11-15)17-7-8-21(36)24-19(17)12-16-13-20-26(35(2)3)28(38)25(31(33)41)30(40)32(20,42)29(39)23(16)27(24)37/h6-9,11,16,20,26,34,36,38-39,42H,5,10,12-14H2,1-4H3,(H2,33,41)/t16-,20-,26?,32-/m1/s1. The van der Waals surface area contributed by atoms with Gasteiger partial charge in [-0.25, -0.2) is 0 Å². The fourth-order valence-corrected chi connectivity index (χ4v) is 6.99. The zero-order valence-corrected chi connectivity index (χ0v) is 24.6. The molecule has 4 atom stereocenters. The first-order chi connectivity index (χ1) is 20.4. The number of carbonyl (C=O) groups excluding carboxylic acids is 3. The number of hydrogen-bond acceptors (Lipinski definition) is 10. The van der Waals surface area contributed by atoms with E-state index in [4.69, 9.17) is 10.5 Å². The number of fused-ring (bicyclic) bond motifs is 3. The van der Waals surface area contributed by atoms with Gasteiger partial charge in [-0.05, 0) is 80.7 Å². The molecule has 5 rings (SSSR count). The number of phenolic OH excluding ortho intramolecular Hbond substituents is 1. The second kappa shape index (κ2) is 11.1. The minimum Gasteiger partial charge on any atom is -0.510 e. The van der Waals surface area contributed by atoms with Gasteiger partial charge in [0.1, 0.15) is 28.6 Å². The molecule has 1 unspecified atom stereocenters. The number of amides is 1. The summed E-state index contributed by atoms with van der Waals surface area (Å²) in [7, 11) is 4.74. The average Bonchev–Trinajstić information content (AvgIpc) is 2.95. The Morgan fingerprint density at radius 2 is 1.86 bits per heavy atom. The van der Waals surface area contributed by atoms with Gasteiger partial charge in [0.05, 0.1) is 18.7 Å². The highest BCUT2D eigenvalue weighted by Gasteiger charge is 2.63. The van der Waals surface area contributed by atoms with Crippen LogP contribution in [0.15, 0.2) is 53.0 Å². The third-order valence-corrected chi connectivity index (χ3v) is 8.92. The molecule has 43 heavy (non-hydrogen) atoms. The molecule has 0 radical (unpaired) electrons. The summed E-state index contributed by atoms with van der Waals surface area (Å²) < 4.78 is 5.67. The minimum atomic E-state index is -2.68. The van der Waals surface area contributed by atoms with Gasteiger partial charge in [0, 0.05) is 23.6 Å². The van der Waals surface area contributed by atoms with Crippen molar-refractivity contribution in [2.24, 2.45) is 17.6 Å². The van der Waals surface area contributed by atoms with E-state index in [-0.39, 0.29) is 29.7 Å². The van der Waals surface area contributed by atoms with Gasteiger partial charge in [-0.1, -0.05) is 19.1 Å². The smallest absolute Gasteiger partial charge is 0.255 e. The van der Waals surface area contributed by atoms with Crippen molar-refractivity contribution in [1.29, 1.82) is 0 Å². The first-order valence-electron chi connectivity index (χ1n) is 14.3. The van der Waals surface area contributed by atoms with Crippen molar-refractivity contribution in [2.45, 2.75) is 44.4 Å². The number of aliphatic hydroxyl groups is 3. The second-order valence-corrected chi connectivity index (χ2v) is 11.7. The Balaban J connectivity index is 1.68. The van der Waals surface area contributed by atoms with Crippen LogP contribution in [0.4, 0.5) is 0 Å². The maximum atomic E-state index is 14.1. The van der Waals surface area contributed by atoms with Gasteiger partial charge in [0.25, 0.3) is 5.91 Å². The van der Waals surface area contributed by atoms with Crippen molar-refractivity contribution < 1.29 is 39.5 Å². The van der Waals surface area contributed by atoms with Crippen LogP contribution in [0.25, 0.3) is 11.1 Å². The molecule has 7 N–H and O–H groups in total. The van der Waals surface area contributed by atoms with Crippen LogP contribution in [0.2, 0.25) is 0 Å². The summed E-state index contributed by atoms with van der Waals surface area (Å²) in [5, 5.41) is 48.6. The lowest BCUT2D eigenvalue weighted by Gasteiger charge is -2.50. The molecule has 2 aromatic rings. The highest BCUT2D eigenvalue weighted by molar-refractivity contribution is 6.25. The molecular weight excluding hydrogens is 554 g/mol. The van der Waals surface area contributed by atoms with Crippen molar-refractivity contribution >= 4 is 17.5 Å². The summed E-state index contributed by atoms with van der Waals surface area (Å²) in [5.41, 5.74) is 4.56. The first-order valence-corrected chi connectivity index (χ1v) is 14.3. The Morgan fingerprint density at radius 1 is 1.14 bits per heavy atom. The van der Waals surface area contributed by atoms with Crippen LogP contribution >= 0.6 is 0 Å². The number of rotatable bonds is 8. The molecule has 228 valence electrons. The quantitative estimate of drug-likeness (QED) is 0.197. The number of primary amides is 1. The van der Waals surface area contributed by atoms with Crippen LogP contribution in [0, 0.1) is 11.8 Å². The Labute approximate surface area is 249 Å². The lowest BCUT2D eigenvalue weighted by molar-refractivity contribution is -0.148. The number of nitrogens with two attached hydrogens (primary N) is 1. The number of ketones is 2. The van der Waals surface area contributed by atoms with Gasteiger partial charge >= 0.3 is 0 Å². The molecule has 2 aromatic carbocycles. The highest BCUT2D eigenvalue weighted by atomic mass is 16.5. The van der Waals surface area contributed by atoms with Crippen LogP contribution in [0.1, 0.15) is 41.3 Å². The van der Waals surface area contributed by atoms with E-state index >= 15 is 0 Å². The van der Waals surface area contributed by atoms with Crippen molar-refractivity contribution in [1.82, 2.24) is 10.2 Å². The number of ether oxygens (including phenoxy) is 1. The number of phenols is 1. The van der Waals surface area contributed by atoms with Gasteiger partial charge < -0.3 is 36.2 Å². The fraction of sp³-hybridized carbons (Fsp3) is 0.406. The lowest BCUT2D eigenvalue weighted by atomic mass is 9.58. The third-order valence-electron chi connectivity index (χ3n) is 8.92. The molecule has 0 fully saturated rings. The Bertz CT molecular complexity index is 1590. The molecule has 0 heterocycles. The maximum Gasteiger partial charge on any atom is 0.255 e. The molecule has 3 aliphatic rings. The van der Waals surface area contributed by atoms with Crippen molar-refractivity contribution in [3.63, 3.8) is 0 Å². The Kier molecular flexibility index (Phi) is 7.84. The van der Waals surface area contributed by atoms with E-state index in [0.717, 1.165) is 24.1 Å². The van der Waals surface area contributed by atoms with E-state index in [0.29, 0.717) is 23.4 Å². The van der Waals surface area contributed by atoms with E-state index in [1.807, 2.05) is 18.2 Å². The Hall–Kier alpha value is -4.19. The number of Topliss-reactive ketones (excluding diaryl/α,β-unsaturated/α-hetero) is 2. The molecule has 1 amide bonds. The van der Waals surface area contributed by atoms with Crippen LogP contribution < -0.4 is 15.8 Å². The molecule has 11 nitrogen and oxygen atoms in total. The summed E-state index contributed by atoms with van der Waals surface area (Å²) in [6, 6.07) is 7.83. The summed E-state index contributed by atoms with van der Waals surface area (Å²) >= 11 is 0. The monoisotopic (exact) mass is 591 g/mol. The Morgan fingerprint density at radius 3 is 2.49 bits per heavy atom. The maximum absolute atomic E-state index is 14.1. The van der Waals surface area contributed by atoms with E-state index in [9.17, 15) is 34.8 Å². The lowest BCUT2D eigenvalue weighted by Crippen LogP contribution is -2.63. The SMILES string of the molecule is CCCNCc1ccc(OC)c(-c2ccc(O)c3c2C[C@@H]2C[C@@H]4C(N(C)C)C(O)=C(C(N)=O)C(=O)[C@]4(O)C(O)=C2C3=O)c1. The number of allylic oxidation sites excluding steroid dienone is 1. The summed E-state index contributed by atoms with van der Waals surface area (Å²) in [4.78, 5) is 41.3. The summed E-state index contributed by atoms with van der Waals surface area (Å²) in [6.07, 6.45) is 1.17. The number of methoxy groups -OCH3 is 1. The number of likely N-dealkylation sites (N-methyl/N-ethyl adjacent to an activating group) is 1. The zero-order chi connectivity index (χ0) is 31.4. The molecule has 11 heteroatoms. The van der Waals surface area contributed by atoms with E-state index in [2.05, 4.69) is 12.2 Å². The van der Waals surface area contributed by atoms with Gasteiger partial charge in [0.15, 0.2) is 11.4 Å². The van der Waals surface area contributed by atoms with Gasteiger partial charge in [-0.3, -0.25) is 19.3 Å². The molecular formula is C32H37N3O8. The van der Waals surface area contributed by atoms with Crippen LogP contribution in [-0.4, -0.2) is 82.2 Å². The van der Waals surface area contributed by atoms with Gasteiger partial charge in [-0.2, -0.15) is 0 Å². The van der Waals surface area contributed by atoms with Gasteiger partial charge in [-0.15, -0.1) is 0 Å². The van der Waals surface area contributed by atoms with Crippen LogP contribution in [0.3, 0.4) is 0 Å². The number of nitrogens with one attached hydrogen (secondary N) is 1. The minimum absolute atomic E-state index is 0.0129. The molecule has 3 aliphatic carbocycles. The molecule has 0 spiro atoms. The van der Waals surface area contributed by atoms with Crippen molar-refractivity contribution in [3.8, 4) is 22.6 Å². The number of hydrogen-bond donors (Lipinski definition) is 6. The topological polar surface area (TPSA) is 183 Å². The molecule has 0 aromatic heterocycles. The summed E-state index contributed by atoms with van der Waals surface area (Å²) in [6.45, 7) is 3.55. The summed E-state index contributed by atoms with van der Waals surface area (Å²) in [5.74, 6) is -6.26. The number of aromatic hydroxyl groups is 1. The van der Waals surface area contributed by atoms with Crippen LogP contribution in [-0.2, 0) is 22.6 Å². The number of aliphatic hydroxyl groups excluding tert-OH is 2. The largest absolute Gasteiger partial charge is 0.510 e. The average molecular weight is 592 g/mol. The molecule has 0 bridgehead atoms. The van der Waals surface area contributed by atoms with Crippen LogP contribution in [0.5, 0.6) is 11.5 Å². The van der Waals surface area contributed by atoms with E-state index in [1.54, 1.807) is 27.3 Å². The predicted octanol–water partition coefficient (Wildman–Crippen LogP) is 2.30. The van der Waals surface area contributed by atoms with E-state index < -0.39 is 58.0 Å². The molecule has 0 saturated carbocycles. The predicted molar refractivity (Wildman–Crippen MR) is 158 cm³/mol. The normalized spacial score (nSPS) is 25.0. The number of benzene rings is 2. The fourth-order valence-electron chi connectivity index (χ4n) is 6.99. The number of carbonyl (C=O) groups is 3. The first kappa shape index (κ1) is 30.3. The van der Waals surface area contributed by atoms with E-state index in [1.165, 1.54) is 11.0 Å². The number of nitrogens with zero attached hydrogens (tertiary/aromatic N) is 1.